The maximum Gasteiger partial charge on any atom is 0.421 e. The fourth-order valence-electron chi connectivity index (χ4n) is 3.02. The number of likely N-dealkylation sites (N-methyl/N-ethyl adjacent to an activating group) is 1. The molecule has 2 heterocycles. The van der Waals surface area contributed by atoms with Crippen LogP contribution in [0.1, 0.15) is 25.3 Å². The molecule has 0 aliphatic carbocycles. The zero-order valence-corrected chi connectivity index (χ0v) is 15.1. The van der Waals surface area contributed by atoms with Gasteiger partial charge < -0.3 is 15.4 Å². The van der Waals surface area contributed by atoms with Crippen LogP contribution < -0.4 is 15.4 Å². The van der Waals surface area contributed by atoms with Crippen LogP contribution in [0.5, 0.6) is 5.88 Å². The van der Waals surface area contributed by atoms with E-state index < -0.39 is 17.6 Å². The minimum Gasteiger partial charge on any atom is -0.475 e. The van der Waals surface area contributed by atoms with Crippen molar-refractivity contribution in [3.63, 3.8) is 0 Å². The molecule has 1 unspecified atom stereocenters. The smallest absolute Gasteiger partial charge is 0.421 e. The van der Waals surface area contributed by atoms with E-state index in [4.69, 9.17) is 4.74 Å². The molecule has 0 saturated carbocycles. The molecule has 1 aliphatic heterocycles. The molecular weight excluding hydrogens is 347 g/mol. The van der Waals surface area contributed by atoms with Crippen molar-refractivity contribution in [2.24, 2.45) is 4.99 Å². The van der Waals surface area contributed by atoms with Gasteiger partial charge in [0.2, 0.25) is 5.88 Å². The number of alkyl halides is 3. The van der Waals surface area contributed by atoms with Gasteiger partial charge in [-0.2, -0.15) is 13.2 Å². The Morgan fingerprint density at radius 1 is 1.42 bits per heavy atom. The van der Waals surface area contributed by atoms with Crippen LogP contribution in [-0.4, -0.2) is 61.7 Å². The van der Waals surface area contributed by atoms with Gasteiger partial charge in [-0.15, -0.1) is 0 Å². The molecule has 146 valence electrons. The molecule has 1 aliphatic rings. The van der Waals surface area contributed by atoms with Gasteiger partial charge in [-0.3, -0.25) is 9.89 Å². The molecule has 0 aromatic carbocycles. The molecule has 0 amide bonds. The normalized spacial score (nSPS) is 18.8. The summed E-state index contributed by atoms with van der Waals surface area (Å²) in [5.74, 6) is 0.197. The molecule has 1 atom stereocenters. The van der Waals surface area contributed by atoms with E-state index in [0.717, 1.165) is 32.1 Å². The predicted molar refractivity (Wildman–Crippen MR) is 94.4 cm³/mol. The summed E-state index contributed by atoms with van der Waals surface area (Å²) in [4.78, 5) is 10.2. The lowest BCUT2D eigenvalue weighted by atomic mass is 10.2. The Balaban J connectivity index is 1.75. The zero-order chi connectivity index (χ0) is 19.0. The molecule has 2 N–H and O–H groups in total. The van der Waals surface area contributed by atoms with Crippen molar-refractivity contribution in [2.75, 3.05) is 39.8 Å². The van der Waals surface area contributed by atoms with Crippen LogP contribution in [0, 0.1) is 0 Å². The fourth-order valence-corrected chi connectivity index (χ4v) is 3.02. The van der Waals surface area contributed by atoms with E-state index in [1.807, 2.05) is 0 Å². The first-order valence-corrected chi connectivity index (χ1v) is 8.79. The monoisotopic (exact) mass is 373 g/mol. The number of nitrogens with one attached hydrogen (secondary N) is 2. The van der Waals surface area contributed by atoms with E-state index in [-0.39, 0.29) is 6.61 Å². The molecule has 2 rings (SSSR count). The summed E-state index contributed by atoms with van der Waals surface area (Å²) in [6.07, 6.45) is -0.854. The Kier molecular flexibility index (Phi) is 7.50. The highest BCUT2D eigenvalue weighted by Gasteiger charge is 2.35. The summed E-state index contributed by atoms with van der Waals surface area (Å²) in [5.41, 5.74) is -0.872. The maximum atomic E-state index is 12.9. The maximum absolute atomic E-state index is 12.9. The van der Waals surface area contributed by atoms with Gasteiger partial charge in [-0.1, -0.05) is 6.92 Å². The molecule has 0 bridgehead atoms. The molecule has 6 nitrogen and oxygen atoms in total. The zero-order valence-electron chi connectivity index (χ0n) is 15.1. The number of halogens is 3. The molecule has 26 heavy (non-hydrogen) atoms. The Morgan fingerprint density at radius 3 is 2.92 bits per heavy atom. The standard InChI is InChI=1S/C17H26F3N5O/c1-3-25-10-5-6-13(25)12-24-16(21-2)23-9-11-26-15-14(17(18,19)20)7-4-8-22-15/h4,7-8,13H,3,5-6,9-12H2,1-2H3,(H2,21,23,24). The van der Waals surface area contributed by atoms with Crippen LogP contribution in [0.2, 0.25) is 0 Å². The number of hydrogen-bond donors (Lipinski definition) is 2. The van der Waals surface area contributed by atoms with Gasteiger partial charge in [0.25, 0.3) is 0 Å². The average Bonchev–Trinajstić information content (AvgIpc) is 3.08. The van der Waals surface area contributed by atoms with E-state index in [9.17, 15) is 13.2 Å². The Labute approximate surface area is 151 Å². The third-order valence-electron chi connectivity index (χ3n) is 4.34. The molecule has 0 radical (unpaired) electrons. The second-order valence-electron chi connectivity index (χ2n) is 6.01. The van der Waals surface area contributed by atoms with Gasteiger partial charge in [-0.05, 0) is 38.1 Å². The van der Waals surface area contributed by atoms with E-state index in [0.29, 0.717) is 18.5 Å². The van der Waals surface area contributed by atoms with Crippen LogP contribution in [0.3, 0.4) is 0 Å². The molecule has 9 heteroatoms. The van der Waals surface area contributed by atoms with Crippen molar-refractivity contribution in [3.05, 3.63) is 23.9 Å². The van der Waals surface area contributed by atoms with Gasteiger partial charge >= 0.3 is 6.18 Å². The summed E-state index contributed by atoms with van der Waals surface area (Å²) in [5, 5.41) is 6.30. The third-order valence-corrected chi connectivity index (χ3v) is 4.34. The summed E-state index contributed by atoms with van der Waals surface area (Å²) >= 11 is 0. The van der Waals surface area contributed by atoms with Crippen molar-refractivity contribution in [1.29, 1.82) is 0 Å². The highest BCUT2D eigenvalue weighted by atomic mass is 19.4. The van der Waals surface area contributed by atoms with Crippen molar-refractivity contribution >= 4 is 5.96 Å². The van der Waals surface area contributed by atoms with Gasteiger partial charge in [0.05, 0.1) is 6.54 Å². The Hall–Kier alpha value is -2.03. The Morgan fingerprint density at radius 2 is 2.23 bits per heavy atom. The number of aromatic nitrogens is 1. The molecular formula is C17H26F3N5O. The first-order valence-electron chi connectivity index (χ1n) is 8.79. The number of hydrogen-bond acceptors (Lipinski definition) is 4. The van der Waals surface area contributed by atoms with E-state index in [1.54, 1.807) is 7.05 Å². The number of ether oxygens (including phenoxy) is 1. The summed E-state index contributed by atoms with van der Waals surface area (Å²) in [6, 6.07) is 2.68. The number of nitrogens with zero attached hydrogens (tertiary/aromatic N) is 3. The predicted octanol–water partition coefficient (Wildman–Crippen LogP) is 2.13. The van der Waals surface area contributed by atoms with Crippen molar-refractivity contribution in [2.45, 2.75) is 32.0 Å². The number of likely N-dealkylation sites (tertiary alicyclic amines) is 1. The topological polar surface area (TPSA) is 61.8 Å². The van der Waals surface area contributed by atoms with Gasteiger partial charge in [0, 0.05) is 25.8 Å². The van der Waals surface area contributed by atoms with Gasteiger partial charge in [0.15, 0.2) is 5.96 Å². The highest BCUT2D eigenvalue weighted by molar-refractivity contribution is 5.79. The summed E-state index contributed by atoms with van der Waals surface area (Å²) in [7, 11) is 1.66. The molecule has 0 spiro atoms. The second kappa shape index (κ2) is 9.61. The molecule has 1 saturated heterocycles. The first-order chi connectivity index (χ1) is 12.5. The lowest BCUT2D eigenvalue weighted by Crippen LogP contribution is -2.45. The molecule has 1 aromatic rings. The number of rotatable bonds is 7. The van der Waals surface area contributed by atoms with Crippen molar-refractivity contribution < 1.29 is 17.9 Å². The minimum atomic E-state index is -4.49. The van der Waals surface area contributed by atoms with Crippen LogP contribution >= 0.6 is 0 Å². The summed E-state index contributed by atoms with van der Waals surface area (Å²) in [6.45, 7) is 5.44. The number of pyridine rings is 1. The van der Waals surface area contributed by atoms with Crippen molar-refractivity contribution in [3.8, 4) is 5.88 Å². The fraction of sp³-hybridized carbons (Fsp3) is 0.647. The van der Waals surface area contributed by atoms with Gasteiger partial charge in [0.1, 0.15) is 12.2 Å². The summed E-state index contributed by atoms with van der Waals surface area (Å²) < 4.78 is 43.8. The molecule has 1 aromatic heterocycles. The SMILES string of the molecule is CCN1CCCC1CNC(=NC)NCCOc1ncccc1C(F)(F)F. The lowest BCUT2D eigenvalue weighted by molar-refractivity contribution is -0.139. The highest BCUT2D eigenvalue weighted by Crippen LogP contribution is 2.34. The van der Waals surface area contributed by atoms with Crippen LogP contribution in [0.4, 0.5) is 13.2 Å². The van der Waals surface area contributed by atoms with Gasteiger partial charge in [-0.25, -0.2) is 4.98 Å². The van der Waals surface area contributed by atoms with E-state index in [2.05, 4.69) is 32.4 Å². The molecule has 1 fully saturated rings. The van der Waals surface area contributed by atoms with Crippen LogP contribution in [0.15, 0.2) is 23.3 Å². The van der Waals surface area contributed by atoms with Crippen LogP contribution in [0.25, 0.3) is 0 Å². The van der Waals surface area contributed by atoms with E-state index in [1.165, 1.54) is 18.7 Å². The lowest BCUT2D eigenvalue weighted by Gasteiger charge is -2.24. The minimum absolute atomic E-state index is 0.0469. The second-order valence-corrected chi connectivity index (χ2v) is 6.01. The largest absolute Gasteiger partial charge is 0.475 e. The first kappa shape index (κ1) is 20.3. The Bertz CT molecular complexity index is 594. The van der Waals surface area contributed by atoms with Crippen molar-refractivity contribution in [1.82, 2.24) is 20.5 Å². The number of aliphatic imine (C=N–C) groups is 1. The van der Waals surface area contributed by atoms with Crippen LogP contribution in [-0.2, 0) is 6.18 Å². The third kappa shape index (κ3) is 5.76. The van der Waals surface area contributed by atoms with E-state index >= 15 is 0 Å². The quantitative estimate of drug-likeness (QED) is 0.436. The average molecular weight is 373 g/mol. The number of guanidine groups is 1.